The molecule has 9 heteroatoms. The van der Waals surface area contributed by atoms with Crippen LogP contribution in [0.3, 0.4) is 0 Å². The van der Waals surface area contributed by atoms with E-state index in [0.717, 1.165) is 0 Å². The van der Waals surface area contributed by atoms with Crippen molar-refractivity contribution in [2.45, 2.75) is 13.8 Å². The molecule has 1 amide bonds. The average molecular weight is 316 g/mol. The van der Waals surface area contributed by atoms with Gasteiger partial charge in [0, 0.05) is 0 Å². The summed E-state index contributed by atoms with van der Waals surface area (Å²) in [6, 6.07) is 5.55. The van der Waals surface area contributed by atoms with Gasteiger partial charge in [-0.1, -0.05) is 0 Å². The molecule has 0 saturated carbocycles. The highest BCUT2D eigenvalue weighted by Crippen LogP contribution is 2.11. The fourth-order valence-electron chi connectivity index (χ4n) is 1.34. The molecule has 0 aromatic heterocycles. The van der Waals surface area contributed by atoms with E-state index in [0.29, 0.717) is 0 Å². The van der Waals surface area contributed by atoms with E-state index < -0.39 is 22.3 Å². The van der Waals surface area contributed by atoms with Gasteiger partial charge in [0.05, 0.1) is 24.5 Å². The molecule has 0 aliphatic rings. The second-order valence-electron chi connectivity index (χ2n) is 3.73. The van der Waals surface area contributed by atoms with Gasteiger partial charge in [0.15, 0.2) is 0 Å². The molecule has 0 aliphatic heterocycles. The van der Waals surface area contributed by atoms with Gasteiger partial charge in [0.25, 0.3) is 0 Å². The summed E-state index contributed by atoms with van der Waals surface area (Å²) in [4.78, 5) is 22.5. The highest BCUT2D eigenvalue weighted by Gasteiger charge is 2.15. The highest BCUT2D eigenvalue weighted by molar-refractivity contribution is 7.91. The molecule has 0 aliphatic carbocycles. The molecule has 0 bridgehead atoms. The summed E-state index contributed by atoms with van der Waals surface area (Å²) in [5.41, 5.74) is 0.470. The minimum absolute atomic E-state index is 0.0512. The lowest BCUT2D eigenvalue weighted by Crippen LogP contribution is -2.35. The van der Waals surface area contributed by atoms with Gasteiger partial charge in [-0.25, -0.2) is 14.3 Å². The summed E-state index contributed by atoms with van der Waals surface area (Å²) >= 11 is 0. The van der Waals surface area contributed by atoms with Crippen molar-refractivity contribution in [1.82, 2.24) is 4.72 Å². The van der Waals surface area contributed by atoms with Crippen LogP contribution in [-0.2, 0) is 19.7 Å². The molecule has 116 valence electrons. The van der Waals surface area contributed by atoms with Gasteiger partial charge in [-0.3, -0.25) is 4.72 Å². The first-order valence-corrected chi connectivity index (χ1v) is 7.60. The monoisotopic (exact) mass is 316 g/mol. The number of amides is 1. The molecule has 2 N–H and O–H groups in total. The zero-order chi connectivity index (χ0) is 15.9. The summed E-state index contributed by atoms with van der Waals surface area (Å²) in [6.07, 6.45) is -1.08. The summed E-state index contributed by atoms with van der Waals surface area (Å²) in [5, 5.41) is 0. The molecular formula is C12H16N2O6S. The quantitative estimate of drug-likeness (QED) is 0.765. The van der Waals surface area contributed by atoms with E-state index in [4.69, 9.17) is 4.74 Å². The Bertz CT molecular complexity index is 597. The van der Waals surface area contributed by atoms with Crippen molar-refractivity contribution in [3.05, 3.63) is 29.8 Å². The van der Waals surface area contributed by atoms with Crippen LogP contribution in [0.2, 0.25) is 0 Å². The maximum atomic E-state index is 11.6. The first kappa shape index (κ1) is 16.8. The van der Waals surface area contributed by atoms with Crippen LogP contribution in [0.5, 0.6) is 0 Å². The normalized spacial score (nSPS) is 10.6. The third kappa shape index (κ3) is 5.69. The standard InChI is InChI=1S/C12H16N2O6S/c1-3-19-11(15)9-5-7-10(8-6-9)13-21(17,18)14-12(16)20-4-2/h5-8,13H,3-4H2,1-2H3,(H,14,16). The largest absolute Gasteiger partial charge is 0.462 e. The molecule has 0 saturated heterocycles. The van der Waals surface area contributed by atoms with Gasteiger partial charge in [-0.2, -0.15) is 8.42 Å². The van der Waals surface area contributed by atoms with Crippen LogP contribution in [0.1, 0.15) is 24.2 Å². The van der Waals surface area contributed by atoms with Crippen LogP contribution in [0, 0.1) is 0 Å². The molecule has 0 fully saturated rings. The number of hydrogen-bond donors (Lipinski definition) is 2. The van der Waals surface area contributed by atoms with Crippen molar-refractivity contribution >= 4 is 28.0 Å². The van der Waals surface area contributed by atoms with Crippen LogP contribution in [0.25, 0.3) is 0 Å². The third-order valence-electron chi connectivity index (χ3n) is 2.14. The number of ether oxygens (including phenoxy) is 2. The first-order chi connectivity index (χ1) is 9.88. The maximum absolute atomic E-state index is 11.6. The first-order valence-electron chi connectivity index (χ1n) is 6.12. The Morgan fingerprint density at radius 1 is 1.05 bits per heavy atom. The number of carbonyl (C=O) groups excluding carboxylic acids is 2. The number of hydrogen-bond acceptors (Lipinski definition) is 6. The van der Waals surface area contributed by atoms with Crippen molar-refractivity contribution in [2.75, 3.05) is 17.9 Å². The number of esters is 1. The molecule has 0 spiro atoms. The summed E-state index contributed by atoms with van der Waals surface area (Å²) < 4.78 is 36.2. The van der Waals surface area contributed by atoms with Crippen molar-refractivity contribution < 1.29 is 27.5 Å². The lowest BCUT2D eigenvalue weighted by Gasteiger charge is -2.09. The Balaban J connectivity index is 2.71. The van der Waals surface area contributed by atoms with Crippen LogP contribution in [0.15, 0.2) is 24.3 Å². The second kappa shape index (κ2) is 7.48. The SMILES string of the molecule is CCOC(=O)NS(=O)(=O)Nc1ccc(C(=O)OCC)cc1. The zero-order valence-corrected chi connectivity index (χ0v) is 12.4. The van der Waals surface area contributed by atoms with E-state index in [2.05, 4.69) is 9.46 Å². The highest BCUT2D eigenvalue weighted by atomic mass is 32.2. The predicted molar refractivity (Wildman–Crippen MR) is 75.1 cm³/mol. The van der Waals surface area contributed by atoms with Gasteiger partial charge in [-0.15, -0.1) is 0 Å². The van der Waals surface area contributed by atoms with Gasteiger partial charge in [0.2, 0.25) is 0 Å². The summed E-state index contributed by atoms with van der Waals surface area (Å²) in [5.74, 6) is -0.503. The topological polar surface area (TPSA) is 111 Å². The van der Waals surface area contributed by atoms with Gasteiger partial charge >= 0.3 is 22.3 Å². The second-order valence-corrected chi connectivity index (χ2v) is 5.14. The molecule has 0 unspecified atom stereocenters. The van der Waals surface area contributed by atoms with E-state index in [1.807, 2.05) is 0 Å². The maximum Gasteiger partial charge on any atom is 0.422 e. The lowest BCUT2D eigenvalue weighted by atomic mass is 10.2. The van der Waals surface area contributed by atoms with Crippen molar-refractivity contribution in [1.29, 1.82) is 0 Å². The molecule has 1 aromatic carbocycles. The van der Waals surface area contributed by atoms with Crippen LogP contribution in [0.4, 0.5) is 10.5 Å². The fraction of sp³-hybridized carbons (Fsp3) is 0.333. The van der Waals surface area contributed by atoms with Crippen LogP contribution < -0.4 is 9.44 Å². The van der Waals surface area contributed by atoms with Crippen molar-refractivity contribution in [2.24, 2.45) is 0 Å². The molecule has 1 aromatic rings. The van der Waals surface area contributed by atoms with Gasteiger partial charge in [0.1, 0.15) is 0 Å². The number of carbonyl (C=O) groups is 2. The van der Waals surface area contributed by atoms with Crippen LogP contribution >= 0.6 is 0 Å². The van der Waals surface area contributed by atoms with Gasteiger partial charge in [-0.05, 0) is 38.1 Å². The van der Waals surface area contributed by atoms with E-state index in [1.54, 1.807) is 18.6 Å². The Morgan fingerprint density at radius 3 is 2.14 bits per heavy atom. The number of nitrogens with one attached hydrogen (secondary N) is 2. The van der Waals surface area contributed by atoms with E-state index in [9.17, 15) is 18.0 Å². The molecular weight excluding hydrogens is 300 g/mol. The number of anilines is 1. The van der Waals surface area contributed by atoms with E-state index in [1.165, 1.54) is 24.3 Å². The average Bonchev–Trinajstić information content (AvgIpc) is 2.38. The van der Waals surface area contributed by atoms with Crippen molar-refractivity contribution in [3.63, 3.8) is 0 Å². The smallest absolute Gasteiger partial charge is 0.422 e. The Kier molecular flexibility index (Phi) is 5.97. The summed E-state index contributed by atoms with van der Waals surface area (Å²) in [7, 11) is -4.09. The van der Waals surface area contributed by atoms with Gasteiger partial charge < -0.3 is 9.47 Å². The van der Waals surface area contributed by atoms with E-state index in [-0.39, 0.29) is 24.5 Å². The minimum atomic E-state index is -4.09. The van der Waals surface area contributed by atoms with Crippen LogP contribution in [-0.4, -0.2) is 33.7 Å². The van der Waals surface area contributed by atoms with E-state index >= 15 is 0 Å². The number of benzene rings is 1. The Hall–Kier alpha value is -2.29. The fourth-order valence-corrected chi connectivity index (χ4v) is 2.12. The zero-order valence-electron chi connectivity index (χ0n) is 11.6. The molecule has 21 heavy (non-hydrogen) atoms. The molecule has 0 radical (unpaired) electrons. The summed E-state index contributed by atoms with van der Waals surface area (Å²) in [6.45, 7) is 3.53. The minimum Gasteiger partial charge on any atom is -0.462 e. The molecule has 0 atom stereocenters. The molecule has 1 rings (SSSR count). The Morgan fingerprint density at radius 2 is 1.62 bits per heavy atom. The Labute approximate surface area is 122 Å². The molecule has 8 nitrogen and oxygen atoms in total. The third-order valence-corrected chi connectivity index (χ3v) is 3.08. The lowest BCUT2D eigenvalue weighted by molar-refractivity contribution is 0.0526. The molecule has 0 heterocycles. The predicted octanol–water partition coefficient (Wildman–Crippen LogP) is 1.27. The van der Waals surface area contributed by atoms with Crippen molar-refractivity contribution in [3.8, 4) is 0 Å². The number of rotatable bonds is 6.